The van der Waals surface area contributed by atoms with Crippen molar-refractivity contribution in [3.05, 3.63) is 65.7 Å². The van der Waals surface area contributed by atoms with Gasteiger partial charge in [-0.05, 0) is 31.5 Å². The van der Waals surface area contributed by atoms with E-state index in [-0.39, 0.29) is 0 Å². The van der Waals surface area contributed by atoms with Crippen molar-refractivity contribution in [2.45, 2.75) is 19.4 Å². The summed E-state index contributed by atoms with van der Waals surface area (Å²) in [4.78, 5) is 0. The van der Waals surface area contributed by atoms with Crippen molar-refractivity contribution in [3.63, 3.8) is 0 Å². The summed E-state index contributed by atoms with van der Waals surface area (Å²) in [5, 5.41) is 3.54. The van der Waals surface area contributed by atoms with Crippen molar-refractivity contribution in [3.8, 4) is 5.75 Å². The SMILES string of the molecule is COc1ccccc1C(C)NCCc1ccccc1. The standard InChI is InChI=1S/C17H21NO/c1-14(16-10-6-7-11-17(16)19-2)18-13-12-15-8-4-3-5-9-15/h3-11,14,18H,12-13H2,1-2H3. The highest BCUT2D eigenvalue weighted by atomic mass is 16.5. The van der Waals surface area contributed by atoms with Gasteiger partial charge in [-0.25, -0.2) is 0 Å². The Hall–Kier alpha value is -1.80. The largest absolute Gasteiger partial charge is 0.496 e. The van der Waals surface area contributed by atoms with Crippen molar-refractivity contribution in [1.29, 1.82) is 0 Å². The van der Waals surface area contributed by atoms with Crippen LogP contribution in [0.5, 0.6) is 5.75 Å². The summed E-state index contributed by atoms with van der Waals surface area (Å²) in [5.41, 5.74) is 2.57. The van der Waals surface area contributed by atoms with E-state index < -0.39 is 0 Å². The Bertz CT molecular complexity index is 496. The molecule has 0 saturated carbocycles. The number of methoxy groups -OCH3 is 1. The molecule has 0 aliphatic carbocycles. The molecule has 0 heterocycles. The first-order chi connectivity index (χ1) is 9.31. The van der Waals surface area contributed by atoms with Crippen LogP contribution >= 0.6 is 0 Å². The minimum Gasteiger partial charge on any atom is -0.496 e. The molecule has 0 fully saturated rings. The summed E-state index contributed by atoms with van der Waals surface area (Å²) in [6.45, 7) is 3.13. The van der Waals surface area contributed by atoms with Gasteiger partial charge in [-0.15, -0.1) is 0 Å². The van der Waals surface area contributed by atoms with E-state index in [1.165, 1.54) is 11.1 Å². The fourth-order valence-corrected chi connectivity index (χ4v) is 2.21. The molecule has 0 amide bonds. The van der Waals surface area contributed by atoms with Crippen molar-refractivity contribution in [2.75, 3.05) is 13.7 Å². The minimum atomic E-state index is 0.292. The molecular weight excluding hydrogens is 234 g/mol. The Morgan fingerprint density at radius 3 is 2.42 bits per heavy atom. The maximum Gasteiger partial charge on any atom is 0.123 e. The van der Waals surface area contributed by atoms with Crippen LogP contribution in [0.1, 0.15) is 24.1 Å². The van der Waals surface area contributed by atoms with E-state index in [1.54, 1.807) is 7.11 Å². The lowest BCUT2D eigenvalue weighted by Crippen LogP contribution is -2.21. The summed E-state index contributed by atoms with van der Waals surface area (Å²) >= 11 is 0. The van der Waals surface area contributed by atoms with Crippen LogP contribution in [0.4, 0.5) is 0 Å². The lowest BCUT2D eigenvalue weighted by molar-refractivity contribution is 0.402. The fourth-order valence-electron chi connectivity index (χ4n) is 2.21. The van der Waals surface area contributed by atoms with E-state index in [0.717, 1.165) is 18.7 Å². The molecule has 1 N–H and O–H groups in total. The topological polar surface area (TPSA) is 21.3 Å². The van der Waals surface area contributed by atoms with Crippen LogP contribution in [0.25, 0.3) is 0 Å². The maximum absolute atomic E-state index is 5.39. The van der Waals surface area contributed by atoms with E-state index in [9.17, 15) is 0 Å². The zero-order valence-corrected chi connectivity index (χ0v) is 11.6. The molecular formula is C17H21NO. The molecule has 0 aromatic heterocycles. The van der Waals surface area contributed by atoms with Crippen molar-refractivity contribution in [1.82, 2.24) is 5.32 Å². The maximum atomic E-state index is 5.39. The zero-order chi connectivity index (χ0) is 13.5. The van der Waals surface area contributed by atoms with Gasteiger partial charge < -0.3 is 10.1 Å². The molecule has 1 atom stereocenters. The highest BCUT2D eigenvalue weighted by molar-refractivity contribution is 5.35. The molecule has 2 nitrogen and oxygen atoms in total. The van der Waals surface area contributed by atoms with Gasteiger partial charge >= 0.3 is 0 Å². The molecule has 0 aliphatic heterocycles. The van der Waals surface area contributed by atoms with Crippen LogP contribution in [0.3, 0.4) is 0 Å². The summed E-state index contributed by atoms with van der Waals surface area (Å²) in [5.74, 6) is 0.946. The van der Waals surface area contributed by atoms with Gasteiger partial charge in [0.05, 0.1) is 7.11 Å². The quantitative estimate of drug-likeness (QED) is 0.851. The van der Waals surface area contributed by atoms with Crippen LogP contribution in [0.2, 0.25) is 0 Å². The van der Waals surface area contributed by atoms with Gasteiger partial charge in [-0.3, -0.25) is 0 Å². The molecule has 100 valence electrons. The molecule has 0 aliphatic rings. The monoisotopic (exact) mass is 255 g/mol. The second-order valence-electron chi connectivity index (χ2n) is 4.65. The van der Waals surface area contributed by atoms with Crippen LogP contribution < -0.4 is 10.1 Å². The molecule has 0 radical (unpaired) electrons. The Morgan fingerprint density at radius 1 is 1.00 bits per heavy atom. The molecule has 2 aromatic rings. The highest BCUT2D eigenvalue weighted by Crippen LogP contribution is 2.24. The number of nitrogens with one attached hydrogen (secondary N) is 1. The predicted octanol–water partition coefficient (Wildman–Crippen LogP) is 3.59. The normalized spacial score (nSPS) is 12.1. The molecule has 2 heteroatoms. The average Bonchev–Trinajstić information content (AvgIpc) is 2.48. The lowest BCUT2D eigenvalue weighted by atomic mass is 10.1. The lowest BCUT2D eigenvalue weighted by Gasteiger charge is -2.17. The van der Waals surface area contributed by atoms with Gasteiger partial charge in [-0.1, -0.05) is 48.5 Å². The predicted molar refractivity (Wildman–Crippen MR) is 79.6 cm³/mol. The number of hydrogen-bond acceptors (Lipinski definition) is 2. The van der Waals surface area contributed by atoms with Gasteiger partial charge in [0.1, 0.15) is 5.75 Å². The summed E-state index contributed by atoms with van der Waals surface area (Å²) in [7, 11) is 1.72. The van der Waals surface area contributed by atoms with Gasteiger partial charge in [0.25, 0.3) is 0 Å². The first kappa shape index (κ1) is 13.6. The average molecular weight is 255 g/mol. The van der Waals surface area contributed by atoms with E-state index >= 15 is 0 Å². The van der Waals surface area contributed by atoms with Crippen molar-refractivity contribution in [2.24, 2.45) is 0 Å². The number of benzene rings is 2. The van der Waals surface area contributed by atoms with E-state index in [2.05, 4.69) is 42.6 Å². The Labute approximate surface area is 115 Å². The molecule has 2 rings (SSSR count). The Morgan fingerprint density at radius 2 is 1.68 bits per heavy atom. The Balaban J connectivity index is 1.89. The van der Waals surface area contributed by atoms with Crippen LogP contribution in [-0.2, 0) is 6.42 Å². The van der Waals surface area contributed by atoms with Gasteiger partial charge in [0, 0.05) is 11.6 Å². The van der Waals surface area contributed by atoms with Gasteiger partial charge in [-0.2, -0.15) is 0 Å². The second kappa shape index (κ2) is 6.95. The summed E-state index contributed by atoms with van der Waals surface area (Å²) in [6, 6.07) is 19.0. The third-order valence-electron chi connectivity index (χ3n) is 3.31. The Kier molecular flexibility index (Phi) is 4.99. The summed E-state index contributed by atoms with van der Waals surface area (Å²) < 4.78 is 5.39. The number of ether oxygens (including phenoxy) is 1. The van der Waals surface area contributed by atoms with Crippen molar-refractivity contribution >= 4 is 0 Å². The first-order valence-corrected chi connectivity index (χ1v) is 6.71. The second-order valence-corrected chi connectivity index (χ2v) is 4.65. The molecule has 1 unspecified atom stereocenters. The molecule has 2 aromatic carbocycles. The van der Waals surface area contributed by atoms with Crippen LogP contribution in [0, 0.1) is 0 Å². The van der Waals surface area contributed by atoms with Crippen LogP contribution in [0.15, 0.2) is 54.6 Å². The number of hydrogen-bond donors (Lipinski definition) is 1. The summed E-state index contributed by atoms with van der Waals surface area (Å²) in [6.07, 6.45) is 1.04. The third kappa shape index (κ3) is 3.83. The number of para-hydroxylation sites is 1. The van der Waals surface area contributed by atoms with Crippen molar-refractivity contribution < 1.29 is 4.74 Å². The molecule has 19 heavy (non-hydrogen) atoms. The molecule has 0 saturated heterocycles. The zero-order valence-electron chi connectivity index (χ0n) is 11.6. The van der Waals surface area contributed by atoms with Gasteiger partial charge in [0.15, 0.2) is 0 Å². The fraction of sp³-hybridized carbons (Fsp3) is 0.294. The van der Waals surface area contributed by atoms with E-state index in [0.29, 0.717) is 6.04 Å². The first-order valence-electron chi connectivity index (χ1n) is 6.71. The minimum absolute atomic E-state index is 0.292. The molecule has 0 spiro atoms. The smallest absolute Gasteiger partial charge is 0.123 e. The van der Waals surface area contributed by atoms with E-state index in [1.807, 2.05) is 24.3 Å². The van der Waals surface area contributed by atoms with Crippen LogP contribution in [-0.4, -0.2) is 13.7 Å². The molecule has 0 bridgehead atoms. The number of rotatable bonds is 6. The highest BCUT2D eigenvalue weighted by Gasteiger charge is 2.09. The van der Waals surface area contributed by atoms with Gasteiger partial charge in [0.2, 0.25) is 0 Å². The third-order valence-corrected chi connectivity index (χ3v) is 3.31. The van der Waals surface area contributed by atoms with E-state index in [4.69, 9.17) is 4.74 Å².